The van der Waals surface area contributed by atoms with Gasteiger partial charge in [-0.15, -0.1) is 0 Å². The van der Waals surface area contributed by atoms with E-state index in [1.54, 1.807) is 0 Å². The van der Waals surface area contributed by atoms with Crippen molar-refractivity contribution in [3.63, 3.8) is 0 Å². The van der Waals surface area contributed by atoms with E-state index < -0.39 is 0 Å². The van der Waals surface area contributed by atoms with Gasteiger partial charge in [-0.05, 0) is 77.3 Å². The molecule has 7 nitrogen and oxygen atoms in total. The summed E-state index contributed by atoms with van der Waals surface area (Å²) in [4.78, 5) is 39.4. The van der Waals surface area contributed by atoms with Crippen molar-refractivity contribution in [1.82, 2.24) is 4.90 Å². The molecule has 0 saturated heterocycles. The molecule has 0 heterocycles. The molecule has 7 heteroatoms. The van der Waals surface area contributed by atoms with Crippen LogP contribution in [0.1, 0.15) is 214 Å². The molecule has 52 heavy (non-hydrogen) atoms. The third kappa shape index (κ3) is 35.4. The molecule has 0 spiro atoms. The first-order chi connectivity index (χ1) is 25.2. The minimum Gasteiger partial charge on any atom is -0.466 e. The van der Waals surface area contributed by atoms with E-state index >= 15 is 0 Å². The fraction of sp³-hybridized carbons (Fsp3) is 0.933. The largest absolute Gasteiger partial charge is 0.466 e. The molecule has 1 unspecified atom stereocenters. The fourth-order valence-electron chi connectivity index (χ4n) is 6.91. The zero-order valence-corrected chi connectivity index (χ0v) is 35.5. The molecule has 0 rings (SSSR count). The number of hydrogen-bond acceptors (Lipinski definition) is 7. The minimum absolute atomic E-state index is 0.0117. The highest BCUT2D eigenvalue weighted by Crippen LogP contribution is 2.23. The van der Waals surface area contributed by atoms with Gasteiger partial charge in [0, 0.05) is 19.4 Å². The average Bonchev–Trinajstić information content (AvgIpc) is 3.10. The van der Waals surface area contributed by atoms with Crippen molar-refractivity contribution in [1.29, 1.82) is 0 Å². The maximum Gasteiger partial charge on any atom is 0.308 e. The Morgan fingerprint density at radius 1 is 0.462 bits per heavy atom. The lowest BCUT2D eigenvalue weighted by Crippen LogP contribution is -2.21. The first kappa shape index (κ1) is 50.4. The van der Waals surface area contributed by atoms with Gasteiger partial charge in [0.25, 0.3) is 0 Å². The number of hydrogen-bond donors (Lipinski definition) is 0. The summed E-state index contributed by atoms with van der Waals surface area (Å²) in [6.07, 6.45) is 31.0. The Balaban J connectivity index is 4.19. The van der Waals surface area contributed by atoms with Crippen LogP contribution in [-0.2, 0) is 28.6 Å². The summed E-state index contributed by atoms with van der Waals surface area (Å²) in [5.74, 6) is 1.29. The van der Waals surface area contributed by atoms with Crippen LogP contribution in [0.2, 0.25) is 0 Å². The molecule has 0 bridgehead atoms. The second-order valence-corrected chi connectivity index (χ2v) is 16.3. The SMILES string of the molecule is CCCCCC(CCCCC)CCOC(=O)CCCCCCCCC(CCCCCCCCC(=O)OCCCCC(C)C)C(=O)OCCCN(C)C. The molecule has 0 radical (unpaired) electrons. The molecule has 0 aromatic heterocycles. The van der Waals surface area contributed by atoms with Gasteiger partial charge < -0.3 is 19.1 Å². The lowest BCUT2D eigenvalue weighted by atomic mass is 9.92. The van der Waals surface area contributed by atoms with Crippen molar-refractivity contribution in [2.75, 3.05) is 40.5 Å². The Morgan fingerprint density at radius 2 is 0.904 bits per heavy atom. The molecule has 0 aliphatic heterocycles. The Morgan fingerprint density at radius 3 is 1.40 bits per heavy atom. The van der Waals surface area contributed by atoms with E-state index in [9.17, 15) is 14.4 Å². The molecular formula is C45H87NO6. The van der Waals surface area contributed by atoms with Crippen LogP contribution < -0.4 is 0 Å². The molecular weight excluding hydrogens is 650 g/mol. The summed E-state index contributed by atoms with van der Waals surface area (Å²) in [6, 6.07) is 0. The molecule has 0 aliphatic rings. The van der Waals surface area contributed by atoms with Gasteiger partial charge in [-0.2, -0.15) is 0 Å². The van der Waals surface area contributed by atoms with Crippen LogP contribution in [0.3, 0.4) is 0 Å². The number of unbranched alkanes of at least 4 members (excludes halogenated alkanes) is 15. The van der Waals surface area contributed by atoms with Crippen molar-refractivity contribution < 1.29 is 28.6 Å². The molecule has 0 fully saturated rings. The molecule has 0 aromatic rings. The number of ether oxygens (including phenoxy) is 3. The van der Waals surface area contributed by atoms with Gasteiger partial charge in [-0.25, -0.2) is 0 Å². The van der Waals surface area contributed by atoms with Crippen LogP contribution in [0.25, 0.3) is 0 Å². The molecule has 0 saturated carbocycles. The van der Waals surface area contributed by atoms with Crippen LogP contribution in [0.15, 0.2) is 0 Å². The van der Waals surface area contributed by atoms with Crippen molar-refractivity contribution in [3.8, 4) is 0 Å². The Hall–Kier alpha value is -1.63. The molecule has 0 aromatic carbocycles. The van der Waals surface area contributed by atoms with Gasteiger partial charge in [0.05, 0.1) is 25.7 Å². The van der Waals surface area contributed by atoms with E-state index in [1.807, 2.05) is 14.1 Å². The Kier molecular flexibility index (Phi) is 36.5. The quantitative estimate of drug-likeness (QED) is 0.0353. The van der Waals surface area contributed by atoms with Gasteiger partial charge in [-0.1, -0.05) is 150 Å². The number of carbonyl (C=O) groups excluding carboxylic acids is 3. The lowest BCUT2D eigenvalue weighted by molar-refractivity contribution is -0.149. The Bertz CT molecular complexity index is 806. The lowest BCUT2D eigenvalue weighted by Gasteiger charge is -2.17. The molecule has 0 amide bonds. The summed E-state index contributed by atoms with van der Waals surface area (Å²) in [5, 5.41) is 0. The van der Waals surface area contributed by atoms with E-state index in [0.717, 1.165) is 122 Å². The highest BCUT2D eigenvalue weighted by molar-refractivity contribution is 5.72. The average molecular weight is 738 g/mol. The second-order valence-electron chi connectivity index (χ2n) is 16.3. The molecule has 1 atom stereocenters. The summed E-state index contributed by atoms with van der Waals surface area (Å²) in [5.41, 5.74) is 0. The van der Waals surface area contributed by atoms with Crippen molar-refractivity contribution in [2.45, 2.75) is 214 Å². The highest BCUT2D eigenvalue weighted by Gasteiger charge is 2.19. The van der Waals surface area contributed by atoms with Gasteiger partial charge >= 0.3 is 17.9 Å². The summed E-state index contributed by atoms with van der Waals surface area (Å²) in [6.45, 7) is 11.5. The number of carbonyl (C=O) groups is 3. The first-order valence-electron chi connectivity index (χ1n) is 22.3. The van der Waals surface area contributed by atoms with Crippen LogP contribution >= 0.6 is 0 Å². The highest BCUT2D eigenvalue weighted by atomic mass is 16.5. The summed E-state index contributed by atoms with van der Waals surface area (Å²) in [7, 11) is 4.08. The normalized spacial score (nSPS) is 12.2. The summed E-state index contributed by atoms with van der Waals surface area (Å²) >= 11 is 0. The maximum absolute atomic E-state index is 13.0. The predicted octanol–water partition coefficient (Wildman–Crippen LogP) is 12.4. The smallest absolute Gasteiger partial charge is 0.308 e. The fourth-order valence-corrected chi connectivity index (χ4v) is 6.91. The van der Waals surface area contributed by atoms with Gasteiger partial charge in [-0.3, -0.25) is 14.4 Å². The number of esters is 3. The molecule has 0 N–H and O–H groups in total. The van der Waals surface area contributed by atoms with Crippen LogP contribution in [0, 0.1) is 17.8 Å². The maximum atomic E-state index is 13.0. The zero-order valence-electron chi connectivity index (χ0n) is 35.5. The van der Waals surface area contributed by atoms with Gasteiger partial charge in [0.2, 0.25) is 0 Å². The van der Waals surface area contributed by atoms with E-state index in [0.29, 0.717) is 44.5 Å². The predicted molar refractivity (Wildman–Crippen MR) is 218 cm³/mol. The molecule has 308 valence electrons. The van der Waals surface area contributed by atoms with Crippen molar-refractivity contribution in [2.24, 2.45) is 17.8 Å². The van der Waals surface area contributed by atoms with E-state index in [4.69, 9.17) is 14.2 Å². The van der Waals surface area contributed by atoms with Gasteiger partial charge in [0.1, 0.15) is 0 Å². The first-order valence-corrected chi connectivity index (χ1v) is 22.3. The van der Waals surface area contributed by atoms with Crippen LogP contribution in [0.4, 0.5) is 0 Å². The third-order valence-electron chi connectivity index (χ3n) is 10.4. The second kappa shape index (κ2) is 37.7. The van der Waals surface area contributed by atoms with Crippen LogP contribution in [-0.4, -0.2) is 63.3 Å². The topological polar surface area (TPSA) is 82.1 Å². The third-order valence-corrected chi connectivity index (χ3v) is 10.4. The van der Waals surface area contributed by atoms with Crippen molar-refractivity contribution >= 4 is 17.9 Å². The number of nitrogens with zero attached hydrogens (tertiary/aromatic N) is 1. The minimum atomic E-state index is -0.0544. The Labute approximate surface area is 322 Å². The number of rotatable bonds is 39. The van der Waals surface area contributed by atoms with E-state index in [1.165, 1.54) is 57.8 Å². The monoisotopic (exact) mass is 738 g/mol. The molecule has 0 aliphatic carbocycles. The van der Waals surface area contributed by atoms with Gasteiger partial charge in [0.15, 0.2) is 0 Å². The zero-order chi connectivity index (χ0) is 38.5. The van der Waals surface area contributed by atoms with E-state index in [-0.39, 0.29) is 23.8 Å². The van der Waals surface area contributed by atoms with E-state index in [2.05, 4.69) is 32.6 Å². The standard InChI is InChI=1S/C45H87NO6/c1-7-9-19-29-41(30-20-10-8-2)35-39-51-44(48)34-24-18-14-12-16-22-32-42(45(49)52-38-27-36-46(5)6)31-21-15-11-13-17-23-33-43(47)50-37-26-25-28-40(3)4/h40-42H,7-39H2,1-6H3. The van der Waals surface area contributed by atoms with Crippen molar-refractivity contribution in [3.05, 3.63) is 0 Å². The summed E-state index contributed by atoms with van der Waals surface area (Å²) < 4.78 is 16.7. The van der Waals surface area contributed by atoms with Crippen LogP contribution in [0.5, 0.6) is 0 Å².